The topological polar surface area (TPSA) is 156 Å². The van der Waals surface area contributed by atoms with E-state index in [2.05, 4.69) is 15.6 Å². The van der Waals surface area contributed by atoms with Crippen molar-refractivity contribution in [3.63, 3.8) is 0 Å². The monoisotopic (exact) mass is 584 g/mol. The summed E-state index contributed by atoms with van der Waals surface area (Å²) in [7, 11) is 1.71. The summed E-state index contributed by atoms with van der Waals surface area (Å²) in [5, 5.41) is 14.8. The molecule has 2 aliphatic rings. The molecule has 1 aliphatic heterocycles. The molecule has 2 fully saturated rings. The van der Waals surface area contributed by atoms with Gasteiger partial charge in [0.1, 0.15) is 0 Å². The summed E-state index contributed by atoms with van der Waals surface area (Å²) < 4.78 is 16.4. The fourth-order valence-corrected chi connectivity index (χ4v) is 4.98. The first kappa shape index (κ1) is 33.4. The molecule has 3 N–H and O–H groups in total. The minimum absolute atomic E-state index is 0. The quantitative estimate of drug-likeness (QED) is 0.244. The number of carboxylic acids is 1. The molecule has 0 unspecified atom stereocenters. The molecule has 224 valence electrons. The Morgan fingerprint density at radius 2 is 1.68 bits per heavy atom. The number of hydrogen-bond donors (Lipinski definition) is 3. The van der Waals surface area contributed by atoms with Crippen LogP contribution >= 0.6 is 12.4 Å². The van der Waals surface area contributed by atoms with Gasteiger partial charge in [-0.1, -0.05) is 6.07 Å². The van der Waals surface area contributed by atoms with Gasteiger partial charge in [0.05, 0.1) is 57.5 Å². The van der Waals surface area contributed by atoms with E-state index in [9.17, 15) is 19.2 Å². The van der Waals surface area contributed by atoms with Gasteiger partial charge in [-0.2, -0.15) is 0 Å². The van der Waals surface area contributed by atoms with E-state index in [1.165, 1.54) is 0 Å². The average Bonchev–Trinajstić information content (AvgIpc) is 3.23. The van der Waals surface area contributed by atoms with E-state index < -0.39 is 11.9 Å². The molecular formula is C27H41ClN4O8. The van der Waals surface area contributed by atoms with E-state index in [0.717, 1.165) is 5.56 Å². The number of carbonyl (C=O) groups is 4. The number of nitrogens with zero attached hydrogens (tertiary/aromatic N) is 2. The molecule has 1 aromatic heterocycles. The zero-order valence-corrected chi connectivity index (χ0v) is 23.7. The van der Waals surface area contributed by atoms with Crippen LogP contribution in [0.25, 0.3) is 0 Å². The number of amides is 3. The van der Waals surface area contributed by atoms with Crippen LogP contribution in [0, 0.1) is 11.8 Å². The van der Waals surface area contributed by atoms with Gasteiger partial charge in [-0.15, -0.1) is 12.4 Å². The molecule has 13 heteroatoms. The lowest BCUT2D eigenvalue weighted by molar-refractivity contribution is -0.143. The van der Waals surface area contributed by atoms with Crippen molar-refractivity contribution in [1.29, 1.82) is 0 Å². The van der Waals surface area contributed by atoms with E-state index in [-0.39, 0.29) is 61.0 Å². The molecule has 1 aliphatic carbocycles. The van der Waals surface area contributed by atoms with Gasteiger partial charge in [0.25, 0.3) is 0 Å². The van der Waals surface area contributed by atoms with Crippen LogP contribution in [0.2, 0.25) is 0 Å². The predicted molar refractivity (Wildman–Crippen MR) is 147 cm³/mol. The summed E-state index contributed by atoms with van der Waals surface area (Å²) in [4.78, 5) is 53.6. The van der Waals surface area contributed by atoms with Crippen molar-refractivity contribution in [2.45, 2.75) is 50.6 Å². The van der Waals surface area contributed by atoms with Gasteiger partial charge < -0.3 is 34.9 Å². The summed E-state index contributed by atoms with van der Waals surface area (Å²) in [6.07, 6.45) is 6.34. The third-order valence-electron chi connectivity index (χ3n) is 7.15. The smallest absolute Gasteiger partial charge is 0.306 e. The van der Waals surface area contributed by atoms with Gasteiger partial charge in [-0.25, -0.2) is 0 Å². The summed E-state index contributed by atoms with van der Waals surface area (Å²) >= 11 is 0. The third-order valence-corrected chi connectivity index (χ3v) is 7.15. The van der Waals surface area contributed by atoms with Crippen LogP contribution in [-0.2, 0) is 33.4 Å². The standard InChI is InChI=1S/C27H40N4O8.ClH/c1-31-24(33)17-22(25(31)20-3-2-9-28-18-20)26(34)29-10-12-38-14-16-39-15-13-37-11-8-23(32)30-21-6-4-19(5-7-21)27(35)36;/h2-3,9,18-19,21-22,25H,4-8,10-17H2,1H3,(H,29,34)(H,30,32)(H,35,36);1H/t19?,21?,22-,25+;/m0./s1. The molecule has 0 aromatic carbocycles. The Morgan fingerprint density at radius 3 is 2.30 bits per heavy atom. The fourth-order valence-electron chi connectivity index (χ4n) is 4.98. The van der Waals surface area contributed by atoms with E-state index >= 15 is 0 Å². The Labute approximate surface area is 240 Å². The predicted octanol–water partition coefficient (Wildman–Crippen LogP) is 1.34. The second-order valence-electron chi connectivity index (χ2n) is 9.88. The Bertz CT molecular complexity index is 946. The lowest BCUT2D eigenvalue weighted by Gasteiger charge is -2.26. The van der Waals surface area contributed by atoms with Crippen molar-refractivity contribution >= 4 is 36.1 Å². The molecule has 2 atom stereocenters. The van der Waals surface area contributed by atoms with Gasteiger partial charge in [0.2, 0.25) is 17.7 Å². The molecule has 1 saturated carbocycles. The number of carboxylic acid groups (broad SMARTS) is 1. The highest BCUT2D eigenvalue weighted by atomic mass is 35.5. The number of rotatable bonds is 16. The number of nitrogens with one attached hydrogen (secondary N) is 2. The van der Waals surface area contributed by atoms with E-state index in [1.54, 1.807) is 30.4 Å². The molecule has 1 saturated heterocycles. The van der Waals surface area contributed by atoms with Gasteiger partial charge in [0, 0.05) is 44.9 Å². The molecule has 3 rings (SSSR count). The number of pyridine rings is 1. The van der Waals surface area contributed by atoms with Crippen LogP contribution in [-0.4, -0.2) is 98.0 Å². The van der Waals surface area contributed by atoms with Gasteiger partial charge in [-0.05, 0) is 37.3 Å². The molecule has 0 radical (unpaired) electrons. The number of likely N-dealkylation sites (tertiary alicyclic amines) is 1. The second kappa shape index (κ2) is 17.8. The van der Waals surface area contributed by atoms with Crippen molar-refractivity contribution in [2.24, 2.45) is 11.8 Å². The van der Waals surface area contributed by atoms with E-state index in [4.69, 9.17) is 19.3 Å². The largest absolute Gasteiger partial charge is 0.481 e. The first-order valence-corrected chi connectivity index (χ1v) is 13.6. The summed E-state index contributed by atoms with van der Waals surface area (Å²) in [5.41, 5.74) is 0.836. The van der Waals surface area contributed by atoms with Crippen LogP contribution in [0.4, 0.5) is 0 Å². The Hall–Kier alpha value is -2.80. The third kappa shape index (κ3) is 10.6. The van der Waals surface area contributed by atoms with Crippen LogP contribution in [0.15, 0.2) is 24.5 Å². The first-order valence-electron chi connectivity index (χ1n) is 13.6. The highest BCUT2D eigenvalue weighted by Crippen LogP contribution is 2.36. The Morgan fingerprint density at radius 1 is 1.02 bits per heavy atom. The first-order chi connectivity index (χ1) is 18.9. The van der Waals surface area contributed by atoms with Crippen LogP contribution < -0.4 is 10.6 Å². The van der Waals surface area contributed by atoms with E-state index in [1.807, 2.05) is 6.07 Å². The number of aromatic nitrogens is 1. The SMILES string of the molecule is CN1C(=O)C[C@H](C(=O)NCCOCCOCCOCCC(=O)NC2CCC(C(=O)O)CC2)[C@H]1c1cccnc1.Cl. The molecular weight excluding hydrogens is 544 g/mol. The minimum Gasteiger partial charge on any atom is -0.481 e. The van der Waals surface area contributed by atoms with E-state index in [0.29, 0.717) is 71.9 Å². The average molecular weight is 585 g/mol. The molecule has 1 aromatic rings. The van der Waals surface area contributed by atoms with Crippen molar-refractivity contribution in [2.75, 3.05) is 53.2 Å². The maximum Gasteiger partial charge on any atom is 0.306 e. The lowest BCUT2D eigenvalue weighted by Crippen LogP contribution is -2.39. The van der Waals surface area contributed by atoms with Gasteiger partial charge >= 0.3 is 5.97 Å². The maximum absolute atomic E-state index is 12.7. The fraction of sp³-hybridized carbons (Fsp3) is 0.667. The summed E-state index contributed by atoms with van der Waals surface area (Å²) in [6, 6.07) is 3.38. The van der Waals surface area contributed by atoms with Crippen LogP contribution in [0.5, 0.6) is 0 Å². The molecule has 2 heterocycles. The van der Waals surface area contributed by atoms with Crippen LogP contribution in [0.1, 0.15) is 50.1 Å². The van der Waals surface area contributed by atoms with Crippen molar-refractivity contribution in [1.82, 2.24) is 20.5 Å². The number of aliphatic carboxylic acids is 1. The number of halogens is 1. The molecule has 0 bridgehead atoms. The number of hydrogen-bond acceptors (Lipinski definition) is 8. The van der Waals surface area contributed by atoms with Crippen molar-refractivity contribution in [3.8, 4) is 0 Å². The molecule has 3 amide bonds. The zero-order chi connectivity index (χ0) is 28.0. The maximum atomic E-state index is 12.7. The summed E-state index contributed by atoms with van der Waals surface area (Å²) in [5.74, 6) is -1.86. The van der Waals surface area contributed by atoms with Gasteiger partial charge in [-0.3, -0.25) is 24.2 Å². The number of carbonyl (C=O) groups excluding carboxylic acids is 3. The minimum atomic E-state index is -0.756. The molecule has 40 heavy (non-hydrogen) atoms. The van der Waals surface area contributed by atoms with Gasteiger partial charge in [0.15, 0.2) is 0 Å². The molecule has 12 nitrogen and oxygen atoms in total. The van der Waals surface area contributed by atoms with Crippen LogP contribution in [0.3, 0.4) is 0 Å². The number of ether oxygens (including phenoxy) is 3. The zero-order valence-electron chi connectivity index (χ0n) is 22.9. The Balaban J connectivity index is 0.00000560. The highest BCUT2D eigenvalue weighted by Gasteiger charge is 2.42. The normalized spacial score (nSPS) is 22.4. The van der Waals surface area contributed by atoms with Crippen molar-refractivity contribution in [3.05, 3.63) is 30.1 Å². The lowest BCUT2D eigenvalue weighted by atomic mass is 9.86. The summed E-state index contributed by atoms with van der Waals surface area (Å²) in [6.45, 7) is 2.43. The Kier molecular flexibility index (Phi) is 14.9. The second-order valence-corrected chi connectivity index (χ2v) is 9.88. The highest BCUT2D eigenvalue weighted by molar-refractivity contribution is 5.90. The molecule has 0 spiro atoms. The van der Waals surface area contributed by atoms with Crippen molar-refractivity contribution < 1.29 is 38.5 Å².